The molecular weight excluding hydrogens is 686 g/mol. The molecule has 0 saturated heterocycles. The molecule has 0 fully saturated rings. The van der Waals surface area contributed by atoms with E-state index >= 15 is 0 Å². The maximum atomic E-state index is 12.2. The van der Waals surface area contributed by atoms with Crippen molar-refractivity contribution in [1.82, 2.24) is 15.5 Å². The normalized spacial score (nSPS) is 14.8. The largest absolute Gasteiger partial charge is 0.336 e. The molecule has 0 aromatic rings. The Balaban J connectivity index is 4.65. The zero-order valence-electron chi connectivity index (χ0n) is 11.5. The first-order chi connectivity index (χ1) is 10.3. The van der Waals surface area contributed by atoms with Crippen LogP contribution in [0.25, 0.3) is 0 Å². The van der Waals surface area contributed by atoms with Crippen molar-refractivity contribution in [1.29, 1.82) is 0 Å². The Labute approximate surface area is 181 Å². The SMILES string of the molecule is O=C(NCC(Br)CBr)N(CC(Br)CBr)C(=O)NCC(Br)CBr. The van der Waals surface area contributed by atoms with E-state index in [1.54, 1.807) is 0 Å². The van der Waals surface area contributed by atoms with Crippen molar-refractivity contribution in [2.24, 2.45) is 0 Å². The Morgan fingerprint density at radius 1 is 0.773 bits per heavy atom. The maximum Gasteiger partial charge on any atom is 0.325 e. The van der Waals surface area contributed by atoms with Gasteiger partial charge in [0.25, 0.3) is 0 Å². The molecule has 0 aliphatic heterocycles. The Bertz CT molecular complexity index is 324. The second-order valence-electron chi connectivity index (χ2n) is 4.24. The van der Waals surface area contributed by atoms with E-state index < -0.39 is 12.1 Å². The van der Waals surface area contributed by atoms with Gasteiger partial charge in [-0.3, -0.25) is 0 Å². The van der Waals surface area contributed by atoms with Gasteiger partial charge in [-0.05, 0) is 0 Å². The van der Waals surface area contributed by atoms with Gasteiger partial charge in [-0.25, -0.2) is 14.5 Å². The van der Waals surface area contributed by atoms with Crippen LogP contribution in [0.4, 0.5) is 9.59 Å². The summed E-state index contributed by atoms with van der Waals surface area (Å²) in [5.74, 6) is 0. The van der Waals surface area contributed by atoms with Crippen molar-refractivity contribution in [2.75, 3.05) is 35.6 Å². The van der Waals surface area contributed by atoms with E-state index in [1.165, 1.54) is 4.90 Å². The van der Waals surface area contributed by atoms with E-state index in [1.807, 2.05) is 0 Å². The zero-order valence-corrected chi connectivity index (χ0v) is 21.0. The van der Waals surface area contributed by atoms with Gasteiger partial charge in [-0.1, -0.05) is 95.6 Å². The number of nitrogens with one attached hydrogen (secondary N) is 2. The summed E-state index contributed by atoms with van der Waals surface area (Å²) in [5, 5.41) is 7.52. The molecule has 0 rings (SSSR count). The number of amides is 4. The maximum absolute atomic E-state index is 12.2. The molecule has 3 unspecified atom stereocenters. The monoisotopic (exact) mass is 697 g/mol. The number of halogens is 6. The van der Waals surface area contributed by atoms with Gasteiger partial charge in [0.05, 0.1) is 0 Å². The Kier molecular flexibility index (Phi) is 14.9. The molecule has 5 nitrogen and oxygen atoms in total. The molecule has 11 heteroatoms. The number of hydrogen-bond acceptors (Lipinski definition) is 2. The molecule has 4 amide bonds. The van der Waals surface area contributed by atoms with Crippen LogP contribution in [0, 0.1) is 0 Å². The minimum Gasteiger partial charge on any atom is -0.336 e. The first kappa shape index (κ1) is 23.6. The van der Waals surface area contributed by atoms with Crippen LogP contribution in [0.5, 0.6) is 0 Å². The van der Waals surface area contributed by atoms with Gasteiger partial charge < -0.3 is 10.6 Å². The third kappa shape index (κ3) is 10.5. The Morgan fingerprint density at radius 3 is 1.45 bits per heavy atom. The molecule has 130 valence electrons. The number of imide groups is 1. The van der Waals surface area contributed by atoms with E-state index in [0.717, 1.165) is 0 Å². The minimum absolute atomic E-state index is 0.0177. The highest BCUT2D eigenvalue weighted by atomic mass is 79.9. The van der Waals surface area contributed by atoms with Crippen LogP contribution in [-0.2, 0) is 0 Å². The van der Waals surface area contributed by atoms with Crippen LogP contribution in [0.3, 0.4) is 0 Å². The smallest absolute Gasteiger partial charge is 0.325 e. The molecule has 0 heterocycles. The van der Waals surface area contributed by atoms with Crippen molar-refractivity contribution < 1.29 is 9.59 Å². The minimum atomic E-state index is -0.418. The Morgan fingerprint density at radius 2 is 1.14 bits per heavy atom. The van der Waals surface area contributed by atoms with Crippen LogP contribution in [0.2, 0.25) is 0 Å². The van der Waals surface area contributed by atoms with E-state index in [9.17, 15) is 9.59 Å². The summed E-state index contributed by atoms with van der Waals surface area (Å²) in [6.07, 6.45) is 0. The lowest BCUT2D eigenvalue weighted by atomic mass is 10.4. The standard InChI is InChI=1S/C11H17Br6N3O2/c12-1-7(15)4-18-10(21)20(6-9(17)3-14)11(22)19-5-8(16)2-13/h7-9H,1-6H2,(H,18,21)(H,19,22). The highest BCUT2D eigenvalue weighted by Crippen LogP contribution is 2.08. The van der Waals surface area contributed by atoms with Crippen LogP contribution in [-0.4, -0.2) is 67.1 Å². The summed E-state index contributed by atoms with van der Waals surface area (Å²) in [6, 6.07) is -0.837. The van der Waals surface area contributed by atoms with E-state index in [0.29, 0.717) is 29.1 Å². The van der Waals surface area contributed by atoms with E-state index in [4.69, 9.17) is 0 Å². The second kappa shape index (κ2) is 13.9. The van der Waals surface area contributed by atoms with Crippen molar-refractivity contribution in [3.63, 3.8) is 0 Å². The molecule has 0 aliphatic rings. The van der Waals surface area contributed by atoms with Gasteiger partial charge in [0.2, 0.25) is 0 Å². The predicted octanol–water partition coefficient (Wildman–Crippen LogP) is 4.18. The number of alkyl halides is 6. The van der Waals surface area contributed by atoms with E-state index in [2.05, 4.69) is 106 Å². The van der Waals surface area contributed by atoms with Gasteiger partial charge in [-0.15, -0.1) is 0 Å². The lowest BCUT2D eigenvalue weighted by Crippen LogP contribution is -2.52. The van der Waals surface area contributed by atoms with Gasteiger partial charge >= 0.3 is 12.1 Å². The van der Waals surface area contributed by atoms with Crippen molar-refractivity contribution >= 4 is 108 Å². The van der Waals surface area contributed by atoms with Crippen LogP contribution in [0.1, 0.15) is 0 Å². The summed E-state index contributed by atoms with van der Waals surface area (Å²) in [4.78, 5) is 25.8. The summed E-state index contributed by atoms with van der Waals surface area (Å²) in [6.45, 7) is 1.13. The molecule has 0 aromatic heterocycles. The van der Waals surface area contributed by atoms with E-state index in [-0.39, 0.29) is 21.0 Å². The molecule has 3 atom stereocenters. The number of rotatable bonds is 9. The zero-order chi connectivity index (χ0) is 17.1. The van der Waals surface area contributed by atoms with Crippen molar-refractivity contribution in [3.8, 4) is 0 Å². The average molecular weight is 703 g/mol. The molecule has 0 aliphatic carbocycles. The topological polar surface area (TPSA) is 61.4 Å². The highest BCUT2D eigenvalue weighted by molar-refractivity contribution is 9.12. The van der Waals surface area contributed by atoms with Crippen molar-refractivity contribution in [2.45, 2.75) is 14.5 Å². The quantitative estimate of drug-likeness (QED) is 0.355. The van der Waals surface area contributed by atoms with Crippen molar-refractivity contribution in [3.05, 3.63) is 0 Å². The molecule has 0 saturated carbocycles. The van der Waals surface area contributed by atoms with Gasteiger partial charge in [0.15, 0.2) is 0 Å². The summed E-state index contributed by atoms with van der Waals surface area (Å²) in [7, 11) is 0. The summed E-state index contributed by atoms with van der Waals surface area (Å²) in [5.41, 5.74) is 0. The van der Waals surface area contributed by atoms with Gasteiger partial charge in [0, 0.05) is 50.1 Å². The fraction of sp³-hybridized carbons (Fsp3) is 0.818. The molecule has 0 spiro atoms. The molecule has 0 radical (unpaired) electrons. The Hall–Kier alpha value is 1.62. The third-order valence-corrected chi connectivity index (χ3v) is 9.18. The fourth-order valence-electron chi connectivity index (χ4n) is 1.20. The van der Waals surface area contributed by atoms with Crippen LogP contribution >= 0.6 is 95.6 Å². The van der Waals surface area contributed by atoms with Crippen LogP contribution < -0.4 is 10.6 Å². The lowest BCUT2D eigenvalue weighted by Gasteiger charge is -2.24. The lowest BCUT2D eigenvalue weighted by molar-refractivity contribution is 0.186. The van der Waals surface area contributed by atoms with Crippen LogP contribution in [0.15, 0.2) is 0 Å². The number of carbonyl (C=O) groups excluding carboxylic acids is 2. The number of nitrogens with zero attached hydrogens (tertiary/aromatic N) is 1. The fourth-order valence-corrected chi connectivity index (χ4v) is 2.48. The number of carbonyl (C=O) groups is 2. The first-order valence-electron chi connectivity index (χ1n) is 6.28. The van der Waals surface area contributed by atoms with Gasteiger partial charge in [0.1, 0.15) is 0 Å². The summed E-state index contributed by atoms with van der Waals surface area (Å²) >= 11 is 20.2. The average Bonchev–Trinajstić information content (AvgIpc) is 2.53. The second-order valence-corrected chi connectivity index (χ2v) is 10.1. The number of urea groups is 2. The number of hydrogen-bond donors (Lipinski definition) is 2. The first-order valence-corrected chi connectivity index (χ1v) is 12.4. The van der Waals surface area contributed by atoms with Gasteiger partial charge in [-0.2, -0.15) is 0 Å². The predicted molar refractivity (Wildman–Crippen MR) is 113 cm³/mol. The molecule has 0 bridgehead atoms. The highest BCUT2D eigenvalue weighted by Gasteiger charge is 2.24. The molecular formula is C11H17Br6N3O2. The third-order valence-electron chi connectivity index (χ3n) is 2.32. The molecule has 22 heavy (non-hydrogen) atoms. The molecule has 0 aromatic carbocycles. The molecule has 2 N–H and O–H groups in total. The summed E-state index contributed by atoms with van der Waals surface area (Å²) < 4.78 is 0.